The average Bonchev–Trinajstić information content (AvgIpc) is 2.84. The Labute approximate surface area is 88.4 Å². The number of nitrogens with zero attached hydrogens (tertiary/aromatic N) is 2. The molecule has 0 bridgehead atoms. The lowest BCUT2D eigenvalue weighted by molar-refractivity contribution is 0.122. The summed E-state index contributed by atoms with van der Waals surface area (Å²) in [5.41, 5.74) is 0. The van der Waals surface area contributed by atoms with Gasteiger partial charge in [0, 0.05) is 0 Å². The predicted octanol–water partition coefficient (Wildman–Crippen LogP) is 1.41. The molecule has 1 saturated heterocycles. The molecule has 5 heteroatoms. The highest BCUT2D eigenvalue weighted by atomic mass is 16.5. The SMILES string of the molecule is CCC(O)c1noc(C2COC(C)C2)n1. The van der Waals surface area contributed by atoms with Crippen molar-refractivity contribution >= 4 is 0 Å². The minimum atomic E-state index is -0.623. The van der Waals surface area contributed by atoms with Gasteiger partial charge in [0.05, 0.1) is 18.6 Å². The highest BCUT2D eigenvalue weighted by Crippen LogP contribution is 2.28. The number of aliphatic hydroxyl groups is 1. The normalized spacial score (nSPS) is 28.2. The first-order chi connectivity index (χ1) is 7.20. The van der Waals surface area contributed by atoms with Crippen LogP contribution in [0.1, 0.15) is 50.4 Å². The van der Waals surface area contributed by atoms with Crippen LogP contribution in [0.15, 0.2) is 4.52 Å². The summed E-state index contributed by atoms with van der Waals surface area (Å²) < 4.78 is 10.5. The molecule has 84 valence electrons. The molecule has 0 aromatic carbocycles. The van der Waals surface area contributed by atoms with Gasteiger partial charge in [-0.2, -0.15) is 4.98 Å². The number of aliphatic hydroxyl groups excluding tert-OH is 1. The van der Waals surface area contributed by atoms with Crippen molar-refractivity contribution in [3.8, 4) is 0 Å². The van der Waals surface area contributed by atoms with E-state index in [4.69, 9.17) is 9.26 Å². The van der Waals surface area contributed by atoms with Gasteiger partial charge in [-0.3, -0.25) is 0 Å². The first kappa shape index (κ1) is 10.6. The van der Waals surface area contributed by atoms with Gasteiger partial charge in [-0.25, -0.2) is 0 Å². The Kier molecular flexibility index (Phi) is 3.02. The highest BCUT2D eigenvalue weighted by Gasteiger charge is 2.28. The summed E-state index contributed by atoms with van der Waals surface area (Å²) in [5.74, 6) is 1.15. The fourth-order valence-electron chi connectivity index (χ4n) is 1.72. The molecule has 3 unspecified atom stereocenters. The van der Waals surface area contributed by atoms with Crippen LogP contribution < -0.4 is 0 Å². The summed E-state index contributed by atoms with van der Waals surface area (Å²) in [6.07, 6.45) is 1.13. The van der Waals surface area contributed by atoms with Crippen LogP contribution in [0.4, 0.5) is 0 Å². The van der Waals surface area contributed by atoms with Crippen molar-refractivity contribution in [3.05, 3.63) is 11.7 Å². The molecule has 1 N–H and O–H groups in total. The molecular formula is C10H16N2O3. The van der Waals surface area contributed by atoms with Crippen molar-refractivity contribution in [3.63, 3.8) is 0 Å². The fourth-order valence-corrected chi connectivity index (χ4v) is 1.72. The smallest absolute Gasteiger partial charge is 0.232 e. The monoisotopic (exact) mass is 212 g/mol. The fraction of sp³-hybridized carbons (Fsp3) is 0.800. The van der Waals surface area contributed by atoms with Gasteiger partial charge in [0.1, 0.15) is 6.10 Å². The van der Waals surface area contributed by atoms with E-state index >= 15 is 0 Å². The second-order valence-corrected chi connectivity index (χ2v) is 3.99. The lowest BCUT2D eigenvalue weighted by Gasteiger charge is -2.00. The number of ether oxygens (including phenoxy) is 1. The first-order valence-corrected chi connectivity index (χ1v) is 5.33. The van der Waals surface area contributed by atoms with Gasteiger partial charge in [-0.05, 0) is 19.8 Å². The van der Waals surface area contributed by atoms with E-state index in [2.05, 4.69) is 10.1 Å². The largest absolute Gasteiger partial charge is 0.385 e. The van der Waals surface area contributed by atoms with Crippen LogP contribution in [0.5, 0.6) is 0 Å². The summed E-state index contributed by atoms with van der Waals surface area (Å²) >= 11 is 0. The quantitative estimate of drug-likeness (QED) is 0.820. The zero-order chi connectivity index (χ0) is 10.8. The standard InChI is InChI=1S/C10H16N2O3/c1-3-8(13)9-11-10(15-12-9)7-4-6(2)14-5-7/h6-8,13H,3-5H2,1-2H3. The molecule has 1 fully saturated rings. The molecule has 3 atom stereocenters. The van der Waals surface area contributed by atoms with E-state index in [9.17, 15) is 5.11 Å². The van der Waals surface area contributed by atoms with Gasteiger partial charge in [0.2, 0.25) is 5.89 Å². The second kappa shape index (κ2) is 4.28. The van der Waals surface area contributed by atoms with E-state index in [1.54, 1.807) is 0 Å². The van der Waals surface area contributed by atoms with Gasteiger partial charge in [0.25, 0.3) is 0 Å². The van der Waals surface area contributed by atoms with Crippen LogP contribution >= 0.6 is 0 Å². The molecule has 1 aliphatic rings. The molecular weight excluding hydrogens is 196 g/mol. The van der Waals surface area contributed by atoms with E-state index in [1.807, 2.05) is 13.8 Å². The molecule has 0 radical (unpaired) electrons. The minimum absolute atomic E-state index is 0.185. The van der Waals surface area contributed by atoms with Crippen molar-refractivity contribution in [2.24, 2.45) is 0 Å². The third-order valence-electron chi connectivity index (χ3n) is 2.69. The van der Waals surface area contributed by atoms with Crippen molar-refractivity contribution in [2.75, 3.05) is 6.61 Å². The van der Waals surface area contributed by atoms with Gasteiger partial charge >= 0.3 is 0 Å². The summed E-state index contributed by atoms with van der Waals surface area (Å²) in [7, 11) is 0. The lowest BCUT2D eigenvalue weighted by atomic mass is 10.1. The maximum Gasteiger partial charge on any atom is 0.232 e. The summed E-state index contributed by atoms with van der Waals surface area (Å²) in [4.78, 5) is 4.19. The van der Waals surface area contributed by atoms with Gasteiger partial charge in [-0.1, -0.05) is 12.1 Å². The Bertz CT molecular complexity index is 326. The number of hydrogen-bond acceptors (Lipinski definition) is 5. The zero-order valence-corrected chi connectivity index (χ0v) is 9.01. The Morgan fingerprint density at radius 3 is 3.00 bits per heavy atom. The van der Waals surface area contributed by atoms with Crippen LogP contribution in [0.3, 0.4) is 0 Å². The predicted molar refractivity (Wildman–Crippen MR) is 52.3 cm³/mol. The molecule has 15 heavy (non-hydrogen) atoms. The second-order valence-electron chi connectivity index (χ2n) is 3.99. The van der Waals surface area contributed by atoms with E-state index in [0.29, 0.717) is 24.7 Å². The third-order valence-corrected chi connectivity index (χ3v) is 2.69. The van der Waals surface area contributed by atoms with Gasteiger partial charge in [-0.15, -0.1) is 0 Å². The van der Waals surface area contributed by atoms with Crippen LogP contribution in [0.2, 0.25) is 0 Å². The maximum atomic E-state index is 9.52. The number of hydrogen-bond donors (Lipinski definition) is 1. The molecule has 0 aliphatic carbocycles. The molecule has 0 spiro atoms. The van der Waals surface area contributed by atoms with Gasteiger partial charge < -0.3 is 14.4 Å². The minimum Gasteiger partial charge on any atom is -0.385 e. The highest BCUT2D eigenvalue weighted by molar-refractivity contribution is 4.98. The first-order valence-electron chi connectivity index (χ1n) is 5.33. The van der Waals surface area contributed by atoms with E-state index in [1.165, 1.54) is 0 Å². The Morgan fingerprint density at radius 2 is 2.40 bits per heavy atom. The van der Waals surface area contributed by atoms with Crippen molar-refractivity contribution in [1.29, 1.82) is 0 Å². The van der Waals surface area contributed by atoms with Crippen molar-refractivity contribution in [1.82, 2.24) is 10.1 Å². The Hall–Kier alpha value is -0.940. The van der Waals surface area contributed by atoms with Crippen LogP contribution in [0, 0.1) is 0 Å². The molecule has 5 nitrogen and oxygen atoms in total. The third kappa shape index (κ3) is 2.18. The van der Waals surface area contributed by atoms with E-state index in [-0.39, 0.29) is 12.0 Å². The Morgan fingerprint density at radius 1 is 1.60 bits per heavy atom. The van der Waals surface area contributed by atoms with Crippen molar-refractivity contribution in [2.45, 2.75) is 44.8 Å². The molecule has 0 saturated carbocycles. The van der Waals surface area contributed by atoms with Gasteiger partial charge in [0.15, 0.2) is 5.82 Å². The molecule has 1 aromatic rings. The van der Waals surface area contributed by atoms with Crippen molar-refractivity contribution < 1.29 is 14.4 Å². The molecule has 2 heterocycles. The summed E-state index contributed by atoms with van der Waals surface area (Å²) in [5, 5.41) is 13.3. The molecule has 1 aliphatic heterocycles. The molecule has 1 aromatic heterocycles. The topological polar surface area (TPSA) is 68.4 Å². The lowest BCUT2D eigenvalue weighted by Crippen LogP contribution is -2.01. The van der Waals surface area contributed by atoms with Crippen LogP contribution in [0.25, 0.3) is 0 Å². The zero-order valence-electron chi connectivity index (χ0n) is 9.01. The summed E-state index contributed by atoms with van der Waals surface area (Å²) in [6.45, 7) is 4.53. The van der Waals surface area contributed by atoms with Crippen LogP contribution in [-0.2, 0) is 4.74 Å². The van der Waals surface area contributed by atoms with E-state index in [0.717, 1.165) is 6.42 Å². The van der Waals surface area contributed by atoms with E-state index < -0.39 is 6.10 Å². The average molecular weight is 212 g/mol. The number of rotatable bonds is 3. The molecule has 2 rings (SSSR count). The van der Waals surface area contributed by atoms with Crippen LogP contribution in [-0.4, -0.2) is 28.0 Å². The number of aromatic nitrogens is 2. The summed E-state index contributed by atoms with van der Waals surface area (Å²) in [6, 6.07) is 0. The maximum absolute atomic E-state index is 9.52. The molecule has 0 amide bonds. The Balaban J connectivity index is 2.07.